The Morgan fingerprint density at radius 2 is 1.76 bits per heavy atom. The molecule has 0 atom stereocenters. The summed E-state index contributed by atoms with van der Waals surface area (Å²) < 4.78 is 0. The van der Waals surface area contributed by atoms with Crippen LogP contribution in [0.3, 0.4) is 0 Å². The number of benzene rings is 2. The zero-order valence-corrected chi connectivity index (χ0v) is 16.4. The molecule has 29 heavy (non-hydrogen) atoms. The summed E-state index contributed by atoms with van der Waals surface area (Å²) in [5.74, 6) is -0.0707. The van der Waals surface area contributed by atoms with Crippen molar-refractivity contribution in [2.75, 3.05) is 6.54 Å². The summed E-state index contributed by atoms with van der Waals surface area (Å²) in [6.07, 6.45) is 5.25. The fraction of sp³-hybridized carbons (Fsp3) is 0.160. The van der Waals surface area contributed by atoms with E-state index in [1.165, 1.54) is 16.7 Å². The third-order valence-electron chi connectivity index (χ3n) is 4.99. The maximum Gasteiger partial charge on any atom is 0.252 e. The number of carbonyl (C=O) groups excluding carboxylic acids is 1. The van der Waals surface area contributed by atoms with Gasteiger partial charge >= 0.3 is 0 Å². The number of aryl methyl sites for hydroxylation is 2. The normalized spacial score (nSPS) is 10.8. The van der Waals surface area contributed by atoms with Crippen LogP contribution >= 0.6 is 0 Å². The third-order valence-corrected chi connectivity index (χ3v) is 4.99. The van der Waals surface area contributed by atoms with Gasteiger partial charge < -0.3 is 5.32 Å². The van der Waals surface area contributed by atoms with Crippen LogP contribution in [0.4, 0.5) is 0 Å². The topological polar surface area (TPSA) is 54.9 Å². The molecule has 0 bridgehead atoms. The van der Waals surface area contributed by atoms with Crippen LogP contribution in [0.1, 0.15) is 28.0 Å². The molecule has 1 N–H and O–H groups in total. The zero-order valence-electron chi connectivity index (χ0n) is 16.4. The second kappa shape index (κ2) is 8.65. The van der Waals surface area contributed by atoms with E-state index in [4.69, 9.17) is 0 Å². The van der Waals surface area contributed by atoms with Crippen LogP contribution in [0.15, 0.2) is 79.1 Å². The highest BCUT2D eigenvalue weighted by Gasteiger charge is 2.05. The molecule has 2 aromatic heterocycles. The predicted molar refractivity (Wildman–Crippen MR) is 117 cm³/mol. The molecule has 0 spiro atoms. The first-order chi connectivity index (χ1) is 14.2. The molecule has 4 rings (SSSR count). The van der Waals surface area contributed by atoms with Crippen LogP contribution in [0.25, 0.3) is 22.0 Å². The van der Waals surface area contributed by atoms with Gasteiger partial charge in [0.05, 0.1) is 11.1 Å². The Morgan fingerprint density at radius 3 is 2.55 bits per heavy atom. The number of aromatic nitrogens is 2. The van der Waals surface area contributed by atoms with Gasteiger partial charge in [-0.2, -0.15) is 0 Å². The lowest BCUT2D eigenvalue weighted by Crippen LogP contribution is -2.24. The summed E-state index contributed by atoms with van der Waals surface area (Å²) in [4.78, 5) is 20.6. The minimum Gasteiger partial charge on any atom is -0.352 e. The van der Waals surface area contributed by atoms with Crippen molar-refractivity contribution in [2.24, 2.45) is 0 Å². The van der Waals surface area contributed by atoms with Crippen molar-refractivity contribution in [1.82, 2.24) is 15.3 Å². The van der Waals surface area contributed by atoms with E-state index >= 15 is 0 Å². The van der Waals surface area contributed by atoms with E-state index in [9.17, 15) is 4.79 Å². The SMILES string of the molecule is Cc1ccc(C(=O)NCCCc2ccc(-c3ccc4ncccc4c3)cc2)cn1. The maximum atomic E-state index is 12.1. The second-order valence-corrected chi connectivity index (χ2v) is 7.16. The minimum atomic E-state index is -0.0707. The van der Waals surface area contributed by atoms with E-state index in [0.717, 1.165) is 29.4 Å². The molecule has 2 aromatic carbocycles. The van der Waals surface area contributed by atoms with Crippen LogP contribution in [-0.2, 0) is 6.42 Å². The summed E-state index contributed by atoms with van der Waals surface area (Å²) in [6, 6.07) is 22.7. The lowest BCUT2D eigenvalue weighted by Gasteiger charge is -2.07. The first-order valence-electron chi connectivity index (χ1n) is 9.84. The number of amides is 1. The van der Waals surface area contributed by atoms with Gasteiger partial charge in [0.1, 0.15) is 0 Å². The third kappa shape index (κ3) is 4.66. The van der Waals surface area contributed by atoms with Gasteiger partial charge in [0, 0.05) is 30.0 Å². The molecule has 0 aliphatic carbocycles. The Balaban J connectivity index is 1.31. The van der Waals surface area contributed by atoms with Gasteiger partial charge in [0.2, 0.25) is 0 Å². The van der Waals surface area contributed by atoms with E-state index in [2.05, 4.69) is 63.8 Å². The molecule has 0 aliphatic rings. The number of fused-ring (bicyclic) bond motifs is 1. The van der Waals surface area contributed by atoms with Crippen LogP contribution in [0, 0.1) is 6.92 Å². The number of pyridine rings is 2. The standard InChI is InChI=1S/C25H23N3O/c1-18-6-9-23(17-28-18)25(29)27-15-2-4-19-7-10-20(11-8-19)21-12-13-24-22(16-21)5-3-14-26-24/h3,5-14,16-17H,2,4,15H2,1H3,(H,27,29). The first kappa shape index (κ1) is 18.8. The van der Waals surface area contributed by atoms with Gasteiger partial charge in [-0.3, -0.25) is 14.8 Å². The number of carbonyl (C=O) groups is 1. The van der Waals surface area contributed by atoms with E-state index in [1.807, 2.05) is 25.3 Å². The summed E-state index contributed by atoms with van der Waals surface area (Å²) in [5.41, 5.74) is 6.17. The molecule has 0 fully saturated rings. The molecule has 0 aliphatic heterocycles. The molecule has 4 nitrogen and oxygen atoms in total. The maximum absolute atomic E-state index is 12.1. The second-order valence-electron chi connectivity index (χ2n) is 7.16. The average molecular weight is 381 g/mol. The monoisotopic (exact) mass is 381 g/mol. The van der Waals surface area contributed by atoms with Gasteiger partial charge in [-0.1, -0.05) is 36.4 Å². The molecule has 0 saturated carbocycles. The Labute approximate surface area is 170 Å². The smallest absolute Gasteiger partial charge is 0.252 e. The van der Waals surface area contributed by atoms with Crippen molar-refractivity contribution >= 4 is 16.8 Å². The average Bonchev–Trinajstić information content (AvgIpc) is 2.77. The Bertz CT molecular complexity index is 1120. The van der Waals surface area contributed by atoms with Gasteiger partial charge in [-0.05, 0) is 66.8 Å². The van der Waals surface area contributed by atoms with E-state index in [-0.39, 0.29) is 5.91 Å². The lowest BCUT2D eigenvalue weighted by atomic mass is 10.0. The lowest BCUT2D eigenvalue weighted by molar-refractivity contribution is 0.0953. The van der Waals surface area contributed by atoms with Crippen LogP contribution in [-0.4, -0.2) is 22.4 Å². The van der Waals surface area contributed by atoms with Gasteiger partial charge in [0.15, 0.2) is 0 Å². The molecule has 4 heteroatoms. The molecule has 0 unspecified atom stereocenters. The summed E-state index contributed by atoms with van der Waals surface area (Å²) in [6.45, 7) is 2.55. The number of nitrogens with one attached hydrogen (secondary N) is 1. The molecular formula is C25H23N3O. The Hall–Kier alpha value is -3.53. The quantitative estimate of drug-likeness (QED) is 0.480. The molecule has 2 heterocycles. The van der Waals surface area contributed by atoms with Crippen molar-refractivity contribution in [2.45, 2.75) is 19.8 Å². The first-order valence-corrected chi connectivity index (χ1v) is 9.84. The van der Waals surface area contributed by atoms with E-state index in [0.29, 0.717) is 12.1 Å². The van der Waals surface area contributed by atoms with Gasteiger partial charge in [-0.15, -0.1) is 0 Å². The van der Waals surface area contributed by atoms with Crippen molar-refractivity contribution in [3.05, 3.63) is 95.9 Å². The fourth-order valence-corrected chi connectivity index (χ4v) is 3.32. The van der Waals surface area contributed by atoms with Crippen molar-refractivity contribution in [3.63, 3.8) is 0 Å². The molecule has 0 saturated heterocycles. The van der Waals surface area contributed by atoms with Crippen molar-refractivity contribution < 1.29 is 4.79 Å². The van der Waals surface area contributed by atoms with Crippen LogP contribution in [0.2, 0.25) is 0 Å². The van der Waals surface area contributed by atoms with E-state index < -0.39 is 0 Å². The molecule has 144 valence electrons. The Morgan fingerprint density at radius 1 is 0.931 bits per heavy atom. The van der Waals surface area contributed by atoms with E-state index in [1.54, 1.807) is 12.3 Å². The molecular weight excluding hydrogens is 358 g/mol. The van der Waals surface area contributed by atoms with Crippen molar-refractivity contribution in [3.8, 4) is 11.1 Å². The number of rotatable bonds is 6. The predicted octanol–water partition coefficient (Wildman–Crippen LogP) is 4.97. The van der Waals surface area contributed by atoms with Crippen molar-refractivity contribution in [1.29, 1.82) is 0 Å². The molecule has 4 aromatic rings. The summed E-state index contributed by atoms with van der Waals surface area (Å²) in [5, 5.41) is 4.10. The molecule has 1 amide bonds. The van der Waals surface area contributed by atoms with Crippen LogP contribution < -0.4 is 5.32 Å². The van der Waals surface area contributed by atoms with Crippen LogP contribution in [0.5, 0.6) is 0 Å². The van der Waals surface area contributed by atoms with Gasteiger partial charge in [0.25, 0.3) is 5.91 Å². The van der Waals surface area contributed by atoms with Gasteiger partial charge in [-0.25, -0.2) is 0 Å². The Kier molecular flexibility index (Phi) is 5.61. The number of nitrogens with zero attached hydrogens (tertiary/aromatic N) is 2. The fourth-order valence-electron chi connectivity index (χ4n) is 3.32. The summed E-state index contributed by atoms with van der Waals surface area (Å²) in [7, 11) is 0. The number of hydrogen-bond donors (Lipinski definition) is 1. The number of hydrogen-bond acceptors (Lipinski definition) is 3. The highest BCUT2D eigenvalue weighted by atomic mass is 16.1. The largest absolute Gasteiger partial charge is 0.352 e. The molecule has 0 radical (unpaired) electrons. The highest BCUT2D eigenvalue weighted by Crippen LogP contribution is 2.24. The summed E-state index contributed by atoms with van der Waals surface area (Å²) >= 11 is 0. The highest BCUT2D eigenvalue weighted by molar-refractivity contribution is 5.93. The zero-order chi connectivity index (χ0) is 20.1. The minimum absolute atomic E-state index is 0.0707.